The first-order valence-electron chi connectivity index (χ1n) is 5.88. The zero-order valence-corrected chi connectivity index (χ0v) is 11.5. The maximum atomic E-state index is 13.2. The molecule has 1 aliphatic heterocycles. The Bertz CT molecular complexity index is 620. The van der Waals surface area contributed by atoms with Gasteiger partial charge >= 0.3 is 0 Å². The monoisotopic (exact) mass is 323 g/mol. The molecule has 1 aliphatic rings. The Morgan fingerprint density at radius 3 is 2.95 bits per heavy atom. The summed E-state index contributed by atoms with van der Waals surface area (Å²) in [7, 11) is 0. The summed E-state index contributed by atoms with van der Waals surface area (Å²) in [4.78, 5) is 4.08. The van der Waals surface area contributed by atoms with Gasteiger partial charge in [0.15, 0.2) is 0 Å². The minimum Gasteiger partial charge on any atom is -0.485 e. The van der Waals surface area contributed by atoms with Crippen molar-refractivity contribution in [3.63, 3.8) is 0 Å². The molecular formula is C14H11BrFNO2. The maximum absolute atomic E-state index is 13.2. The number of ether oxygens (including phenoxy) is 1. The Hall–Kier alpha value is -1.46. The highest BCUT2D eigenvalue weighted by atomic mass is 79.9. The first kappa shape index (κ1) is 12.6. The third-order valence-corrected chi connectivity index (χ3v) is 3.57. The summed E-state index contributed by atoms with van der Waals surface area (Å²) >= 11 is 3.35. The van der Waals surface area contributed by atoms with E-state index < -0.39 is 6.10 Å². The minimum atomic E-state index is -0.659. The molecule has 0 radical (unpaired) electrons. The Labute approximate surface area is 118 Å². The van der Waals surface area contributed by atoms with Crippen LogP contribution in [0.15, 0.2) is 41.1 Å². The van der Waals surface area contributed by atoms with Gasteiger partial charge in [-0.3, -0.25) is 4.98 Å². The Balaban J connectivity index is 1.96. The van der Waals surface area contributed by atoms with Crippen molar-refractivity contribution < 1.29 is 14.2 Å². The van der Waals surface area contributed by atoms with Crippen molar-refractivity contribution in [3.05, 3.63) is 58.1 Å². The second kappa shape index (κ2) is 4.90. The molecule has 1 aromatic carbocycles. The van der Waals surface area contributed by atoms with E-state index in [0.29, 0.717) is 17.7 Å². The third kappa shape index (κ3) is 2.48. The molecule has 0 saturated heterocycles. The van der Waals surface area contributed by atoms with Crippen LogP contribution in [0, 0.1) is 5.82 Å². The van der Waals surface area contributed by atoms with Gasteiger partial charge in [0.05, 0.1) is 6.10 Å². The molecule has 0 aliphatic carbocycles. The molecule has 2 heterocycles. The van der Waals surface area contributed by atoms with Crippen molar-refractivity contribution >= 4 is 15.9 Å². The van der Waals surface area contributed by atoms with Crippen molar-refractivity contribution in [3.8, 4) is 5.75 Å². The fourth-order valence-electron chi connectivity index (χ4n) is 2.23. The molecule has 3 nitrogen and oxygen atoms in total. The number of fused-ring (bicyclic) bond motifs is 1. The van der Waals surface area contributed by atoms with Crippen molar-refractivity contribution in [2.24, 2.45) is 0 Å². The summed E-state index contributed by atoms with van der Waals surface area (Å²) in [5.41, 5.74) is 1.48. The van der Waals surface area contributed by atoms with Gasteiger partial charge in [0.25, 0.3) is 0 Å². The molecule has 1 aromatic heterocycles. The largest absolute Gasteiger partial charge is 0.485 e. The van der Waals surface area contributed by atoms with Crippen molar-refractivity contribution in [2.75, 3.05) is 0 Å². The van der Waals surface area contributed by atoms with Gasteiger partial charge in [-0.25, -0.2) is 4.39 Å². The summed E-state index contributed by atoms with van der Waals surface area (Å²) in [6.45, 7) is 0. The Morgan fingerprint density at radius 2 is 2.16 bits per heavy atom. The number of nitrogens with zero attached hydrogens (tertiary/aromatic N) is 1. The topological polar surface area (TPSA) is 42.4 Å². The molecule has 1 N–H and O–H groups in total. The smallest absolute Gasteiger partial charge is 0.128 e. The molecule has 0 fully saturated rings. The summed E-state index contributed by atoms with van der Waals surface area (Å²) in [5, 5.41) is 10.1. The van der Waals surface area contributed by atoms with E-state index in [9.17, 15) is 9.50 Å². The van der Waals surface area contributed by atoms with Crippen LogP contribution in [0.4, 0.5) is 4.39 Å². The van der Waals surface area contributed by atoms with E-state index in [0.717, 1.165) is 10.0 Å². The van der Waals surface area contributed by atoms with E-state index in [1.807, 2.05) is 6.07 Å². The van der Waals surface area contributed by atoms with E-state index in [2.05, 4.69) is 20.9 Å². The zero-order valence-electron chi connectivity index (χ0n) is 9.88. The molecular weight excluding hydrogens is 313 g/mol. The predicted octanol–water partition coefficient (Wildman–Crippen LogP) is 3.54. The number of benzene rings is 1. The zero-order chi connectivity index (χ0) is 13.4. The highest BCUT2D eigenvalue weighted by Gasteiger charge is 2.28. The van der Waals surface area contributed by atoms with Gasteiger partial charge in [-0.2, -0.15) is 0 Å². The number of hydrogen-bond acceptors (Lipinski definition) is 3. The molecule has 19 heavy (non-hydrogen) atoms. The Kier molecular flexibility index (Phi) is 3.24. The van der Waals surface area contributed by atoms with Crippen LogP contribution in [-0.2, 0) is 0 Å². The number of pyridine rings is 1. The summed E-state index contributed by atoms with van der Waals surface area (Å²) < 4.78 is 19.8. The van der Waals surface area contributed by atoms with Gasteiger partial charge in [0, 0.05) is 40.5 Å². The number of aliphatic hydroxyl groups is 1. The van der Waals surface area contributed by atoms with Crippen molar-refractivity contribution in [2.45, 2.75) is 18.6 Å². The molecule has 0 bridgehead atoms. The fraction of sp³-hybridized carbons (Fsp3) is 0.214. The Morgan fingerprint density at radius 1 is 1.32 bits per heavy atom. The van der Waals surface area contributed by atoms with Crippen LogP contribution in [0.25, 0.3) is 0 Å². The lowest BCUT2D eigenvalue weighted by molar-refractivity contribution is 0.0652. The molecule has 0 amide bonds. The number of hydrogen-bond donors (Lipinski definition) is 1. The molecule has 0 spiro atoms. The fourth-order valence-corrected chi connectivity index (χ4v) is 2.61. The SMILES string of the molecule is O[C@H]1CC(c2cncc(Br)c2)Oc2cc(F)ccc21. The first-order valence-corrected chi connectivity index (χ1v) is 6.67. The van der Waals surface area contributed by atoms with Gasteiger partial charge in [-0.05, 0) is 34.1 Å². The van der Waals surface area contributed by atoms with Crippen molar-refractivity contribution in [1.29, 1.82) is 0 Å². The normalized spacial score (nSPS) is 21.6. The van der Waals surface area contributed by atoms with Gasteiger partial charge in [0.2, 0.25) is 0 Å². The summed E-state index contributed by atoms with van der Waals surface area (Å²) in [6, 6.07) is 6.07. The van der Waals surface area contributed by atoms with E-state index >= 15 is 0 Å². The van der Waals surface area contributed by atoms with Crippen LogP contribution in [0.2, 0.25) is 0 Å². The lowest BCUT2D eigenvalue weighted by Gasteiger charge is -2.29. The lowest BCUT2D eigenvalue weighted by Crippen LogP contribution is -2.19. The van der Waals surface area contributed by atoms with Crippen LogP contribution < -0.4 is 4.74 Å². The standard InChI is InChI=1S/C14H11BrFNO2/c15-9-3-8(6-17-7-9)13-5-12(18)11-2-1-10(16)4-14(11)19-13/h1-4,6-7,12-13,18H,5H2/t12-,13?/m0/s1. The minimum absolute atomic E-state index is 0.325. The third-order valence-electron chi connectivity index (χ3n) is 3.14. The lowest BCUT2D eigenvalue weighted by atomic mass is 9.96. The van der Waals surface area contributed by atoms with E-state index in [1.165, 1.54) is 12.1 Å². The van der Waals surface area contributed by atoms with E-state index in [1.54, 1.807) is 18.5 Å². The van der Waals surface area contributed by atoms with Crippen LogP contribution in [-0.4, -0.2) is 10.1 Å². The predicted molar refractivity (Wildman–Crippen MR) is 71.3 cm³/mol. The van der Waals surface area contributed by atoms with Crippen LogP contribution >= 0.6 is 15.9 Å². The van der Waals surface area contributed by atoms with Gasteiger partial charge in [-0.1, -0.05) is 0 Å². The van der Waals surface area contributed by atoms with Crippen LogP contribution in [0.5, 0.6) is 5.75 Å². The quantitative estimate of drug-likeness (QED) is 0.872. The summed E-state index contributed by atoms with van der Waals surface area (Å²) in [5.74, 6) is 0.0164. The highest BCUT2D eigenvalue weighted by molar-refractivity contribution is 9.10. The van der Waals surface area contributed by atoms with Crippen molar-refractivity contribution in [1.82, 2.24) is 4.98 Å². The average Bonchev–Trinajstić information content (AvgIpc) is 2.38. The van der Waals surface area contributed by atoms with E-state index in [4.69, 9.17) is 4.74 Å². The average molecular weight is 324 g/mol. The number of aliphatic hydroxyl groups excluding tert-OH is 1. The van der Waals surface area contributed by atoms with Crippen LogP contribution in [0.3, 0.4) is 0 Å². The summed E-state index contributed by atoms with van der Waals surface area (Å²) in [6.07, 6.45) is 2.81. The molecule has 5 heteroatoms. The number of aromatic nitrogens is 1. The highest BCUT2D eigenvalue weighted by Crippen LogP contribution is 2.41. The van der Waals surface area contributed by atoms with Gasteiger partial charge in [-0.15, -0.1) is 0 Å². The molecule has 98 valence electrons. The second-order valence-electron chi connectivity index (χ2n) is 4.48. The maximum Gasteiger partial charge on any atom is 0.128 e. The molecule has 2 atom stereocenters. The molecule has 0 saturated carbocycles. The number of rotatable bonds is 1. The van der Waals surface area contributed by atoms with Gasteiger partial charge in [0.1, 0.15) is 17.7 Å². The molecule has 2 aromatic rings. The number of halogens is 2. The molecule has 1 unspecified atom stereocenters. The second-order valence-corrected chi connectivity index (χ2v) is 5.39. The first-order chi connectivity index (χ1) is 9.13. The van der Waals surface area contributed by atoms with E-state index in [-0.39, 0.29) is 11.9 Å². The van der Waals surface area contributed by atoms with Gasteiger partial charge < -0.3 is 9.84 Å². The van der Waals surface area contributed by atoms with Crippen LogP contribution in [0.1, 0.15) is 29.8 Å². The molecule has 3 rings (SSSR count).